The highest BCUT2D eigenvalue weighted by Crippen LogP contribution is 2.27. The molecule has 0 atom stereocenters. The number of carbonyl (C=O) groups is 1. The average Bonchev–Trinajstić information content (AvgIpc) is 3.22. The van der Waals surface area contributed by atoms with Gasteiger partial charge in [0.2, 0.25) is 0 Å². The molecule has 29 heavy (non-hydrogen) atoms. The molecule has 2 aromatic carbocycles. The van der Waals surface area contributed by atoms with Gasteiger partial charge in [0.25, 0.3) is 0 Å². The van der Waals surface area contributed by atoms with Gasteiger partial charge in [0.1, 0.15) is 17.3 Å². The normalized spacial score (nSPS) is 11.0. The number of rotatable bonds is 8. The lowest BCUT2D eigenvalue weighted by molar-refractivity contribution is 0.0500. The van der Waals surface area contributed by atoms with Crippen LogP contribution in [0.4, 0.5) is 5.69 Å². The van der Waals surface area contributed by atoms with E-state index >= 15 is 0 Å². The second-order valence-corrected chi connectivity index (χ2v) is 6.75. The van der Waals surface area contributed by atoms with Crippen molar-refractivity contribution in [2.45, 2.75) is 19.8 Å². The van der Waals surface area contributed by atoms with Crippen LogP contribution in [0.15, 0.2) is 64.0 Å². The van der Waals surface area contributed by atoms with Gasteiger partial charge in [0, 0.05) is 5.56 Å². The third-order valence-electron chi connectivity index (χ3n) is 4.24. The highest BCUT2D eigenvalue weighted by molar-refractivity contribution is 6.33. The van der Waals surface area contributed by atoms with Crippen molar-refractivity contribution >= 4 is 29.5 Å². The summed E-state index contributed by atoms with van der Waals surface area (Å²) in [4.78, 5) is 16.7. The zero-order valence-corrected chi connectivity index (χ0v) is 17.1. The number of esters is 1. The SMILES string of the molecule is CCCCOC(=O)c1cc(-c2ccc(C=Nc3ccc(OC)cc3)o2)ccc1Cl. The lowest BCUT2D eigenvalue weighted by Gasteiger charge is -2.07. The van der Waals surface area contributed by atoms with Crippen LogP contribution in [0.1, 0.15) is 35.9 Å². The number of nitrogens with zero attached hydrogens (tertiary/aromatic N) is 1. The highest BCUT2D eigenvalue weighted by atomic mass is 35.5. The summed E-state index contributed by atoms with van der Waals surface area (Å²) in [5.41, 5.74) is 1.85. The quantitative estimate of drug-likeness (QED) is 0.247. The first-order valence-corrected chi connectivity index (χ1v) is 9.73. The van der Waals surface area contributed by atoms with Gasteiger partial charge in [-0.25, -0.2) is 4.79 Å². The van der Waals surface area contributed by atoms with Crippen molar-refractivity contribution in [2.75, 3.05) is 13.7 Å². The van der Waals surface area contributed by atoms with Crippen molar-refractivity contribution in [3.8, 4) is 17.1 Å². The van der Waals surface area contributed by atoms with E-state index in [-0.39, 0.29) is 0 Å². The molecule has 3 rings (SSSR count). The van der Waals surface area contributed by atoms with Gasteiger partial charge < -0.3 is 13.9 Å². The molecule has 0 aliphatic carbocycles. The molecule has 0 spiro atoms. The molecule has 1 aromatic heterocycles. The summed E-state index contributed by atoms with van der Waals surface area (Å²) >= 11 is 6.17. The summed E-state index contributed by atoms with van der Waals surface area (Å²) < 4.78 is 16.2. The fraction of sp³-hybridized carbons (Fsp3) is 0.217. The topological polar surface area (TPSA) is 61.0 Å². The fourth-order valence-electron chi connectivity index (χ4n) is 2.61. The number of furan rings is 1. The average molecular weight is 412 g/mol. The Kier molecular flexibility index (Phi) is 7.09. The molecule has 0 fully saturated rings. The molecule has 150 valence electrons. The van der Waals surface area contributed by atoms with Crippen LogP contribution in [0.5, 0.6) is 5.75 Å². The highest BCUT2D eigenvalue weighted by Gasteiger charge is 2.14. The van der Waals surface area contributed by atoms with Crippen molar-refractivity contribution in [3.63, 3.8) is 0 Å². The summed E-state index contributed by atoms with van der Waals surface area (Å²) in [5.74, 6) is 1.55. The Labute approximate surface area is 174 Å². The van der Waals surface area contributed by atoms with E-state index < -0.39 is 5.97 Å². The van der Waals surface area contributed by atoms with Crippen LogP contribution in [0, 0.1) is 0 Å². The van der Waals surface area contributed by atoms with E-state index in [1.807, 2.05) is 43.3 Å². The molecular weight excluding hydrogens is 390 g/mol. The molecule has 0 saturated carbocycles. The van der Waals surface area contributed by atoms with Gasteiger partial charge in [0.05, 0.1) is 36.2 Å². The molecular formula is C23H22ClNO4. The van der Waals surface area contributed by atoms with E-state index in [0.717, 1.165) is 29.8 Å². The minimum Gasteiger partial charge on any atom is -0.497 e. The Balaban J connectivity index is 1.74. The summed E-state index contributed by atoms with van der Waals surface area (Å²) in [6.45, 7) is 2.41. The van der Waals surface area contributed by atoms with Gasteiger partial charge >= 0.3 is 5.97 Å². The second kappa shape index (κ2) is 9.94. The maximum atomic E-state index is 12.3. The first kappa shape index (κ1) is 20.7. The number of hydrogen-bond donors (Lipinski definition) is 0. The van der Waals surface area contributed by atoms with E-state index in [4.69, 9.17) is 25.5 Å². The Hall–Kier alpha value is -3.05. The number of benzene rings is 2. The van der Waals surface area contributed by atoms with Crippen molar-refractivity contribution in [1.29, 1.82) is 0 Å². The van der Waals surface area contributed by atoms with E-state index in [1.54, 1.807) is 31.5 Å². The molecule has 0 aliphatic rings. The van der Waals surface area contributed by atoms with Gasteiger partial charge in [0.15, 0.2) is 0 Å². The van der Waals surface area contributed by atoms with Crippen molar-refractivity contribution < 1.29 is 18.7 Å². The molecule has 0 amide bonds. The van der Waals surface area contributed by atoms with Crippen LogP contribution in [0.3, 0.4) is 0 Å². The number of unbranched alkanes of at least 4 members (excludes halogenated alkanes) is 1. The zero-order valence-electron chi connectivity index (χ0n) is 16.4. The fourth-order valence-corrected chi connectivity index (χ4v) is 2.80. The Morgan fingerprint density at radius 2 is 1.93 bits per heavy atom. The zero-order chi connectivity index (χ0) is 20.6. The summed E-state index contributed by atoms with van der Waals surface area (Å²) in [7, 11) is 1.62. The van der Waals surface area contributed by atoms with Crippen LogP contribution in [0.25, 0.3) is 11.3 Å². The first-order chi connectivity index (χ1) is 14.1. The number of carbonyl (C=O) groups excluding carboxylic acids is 1. The molecule has 5 nitrogen and oxygen atoms in total. The molecule has 0 aliphatic heterocycles. The smallest absolute Gasteiger partial charge is 0.339 e. The van der Waals surface area contributed by atoms with Gasteiger partial charge in [-0.2, -0.15) is 0 Å². The van der Waals surface area contributed by atoms with Gasteiger partial charge in [-0.05, 0) is 61.0 Å². The number of hydrogen-bond acceptors (Lipinski definition) is 5. The summed E-state index contributed by atoms with van der Waals surface area (Å²) in [5, 5.41) is 0.350. The van der Waals surface area contributed by atoms with Crippen LogP contribution in [-0.2, 0) is 4.74 Å². The minimum absolute atomic E-state index is 0.324. The molecule has 3 aromatic rings. The molecule has 0 saturated heterocycles. The second-order valence-electron chi connectivity index (χ2n) is 6.34. The molecule has 6 heteroatoms. The molecule has 0 bridgehead atoms. The van der Waals surface area contributed by atoms with Crippen LogP contribution >= 0.6 is 11.6 Å². The molecule has 0 radical (unpaired) electrons. The van der Waals surface area contributed by atoms with E-state index in [1.165, 1.54) is 0 Å². The maximum Gasteiger partial charge on any atom is 0.339 e. The van der Waals surface area contributed by atoms with Crippen molar-refractivity contribution in [1.82, 2.24) is 0 Å². The van der Waals surface area contributed by atoms with E-state index in [9.17, 15) is 4.79 Å². The largest absolute Gasteiger partial charge is 0.497 e. The van der Waals surface area contributed by atoms with Crippen molar-refractivity contribution in [3.05, 3.63) is 70.9 Å². The summed E-state index contributed by atoms with van der Waals surface area (Å²) in [6.07, 6.45) is 3.41. The predicted octanol–water partition coefficient (Wildman–Crippen LogP) is 6.32. The third-order valence-corrected chi connectivity index (χ3v) is 4.57. The van der Waals surface area contributed by atoms with E-state index in [2.05, 4.69) is 4.99 Å². The van der Waals surface area contributed by atoms with Gasteiger partial charge in [-0.3, -0.25) is 4.99 Å². The lowest BCUT2D eigenvalue weighted by Crippen LogP contribution is -2.07. The Morgan fingerprint density at radius 1 is 1.14 bits per heavy atom. The maximum absolute atomic E-state index is 12.3. The molecule has 0 unspecified atom stereocenters. The predicted molar refractivity (Wildman–Crippen MR) is 115 cm³/mol. The standard InChI is InChI=1S/C23H22ClNO4/c1-3-4-13-28-23(26)20-14-16(5-11-21(20)24)22-12-10-19(29-22)15-25-17-6-8-18(27-2)9-7-17/h5-12,14-15H,3-4,13H2,1-2H3. The van der Waals surface area contributed by atoms with Crippen LogP contribution < -0.4 is 4.74 Å². The van der Waals surface area contributed by atoms with E-state index in [0.29, 0.717) is 28.7 Å². The van der Waals surface area contributed by atoms with Crippen molar-refractivity contribution in [2.24, 2.45) is 4.99 Å². The number of ether oxygens (including phenoxy) is 2. The van der Waals surface area contributed by atoms with Crippen LogP contribution in [-0.4, -0.2) is 25.9 Å². The number of halogens is 1. The van der Waals surface area contributed by atoms with Crippen LogP contribution in [0.2, 0.25) is 5.02 Å². The number of methoxy groups -OCH3 is 1. The van der Waals surface area contributed by atoms with Gasteiger partial charge in [-0.1, -0.05) is 24.9 Å². The monoisotopic (exact) mass is 411 g/mol. The lowest BCUT2D eigenvalue weighted by atomic mass is 10.1. The summed E-state index contributed by atoms with van der Waals surface area (Å²) in [6, 6.07) is 16.2. The first-order valence-electron chi connectivity index (χ1n) is 9.35. The minimum atomic E-state index is -0.432. The van der Waals surface area contributed by atoms with Gasteiger partial charge in [-0.15, -0.1) is 0 Å². The number of aliphatic imine (C=N–C) groups is 1. The Morgan fingerprint density at radius 3 is 2.66 bits per heavy atom. The molecule has 1 heterocycles. The third kappa shape index (κ3) is 5.48. The molecule has 0 N–H and O–H groups in total. The Bertz CT molecular complexity index is 992.